The Morgan fingerprint density at radius 2 is 1.84 bits per heavy atom. The van der Waals surface area contributed by atoms with Gasteiger partial charge >= 0.3 is 0 Å². The van der Waals surface area contributed by atoms with Crippen molar-refractivity contribution < 1.29 is 18.8 Å². The third kappa shape index (κ3) is 4.88. The van der Waals surface area contributed by atoms with Gasteiger partial charge < -0.3 is 24.2 Å². The average Bonchev–Trinajstić information content (AvgIpc) is 3.47. The van der Waals surface area contributed by atoms with E-state index < -0.39 is 0 Å². The molecule has 7 heteroatoms. The van der Waals surface area contributed by atoms with Gasteiger partial charge in [0.2, 0.25) is 0 Å². The van der Waals surface area contributed by atoms with E-state index in [1.165, 1.54) is 18.5 Å². The Hall–Kier alpha value is -3.48. The van der Waals surface area contributed by atoms with E-state index in [-0.39, 0.29) is 5.91 Å². The molecule has 168 valence electrons. The summed E-state index contributed by atoms with van der Waals surface area (Å²) >= 11 is 0. The van der Waals surface area contributed by atoms with Crippen molar-refractivity contribution >= 4 is 11.6 Å². The summed E-state index contributed by atoms with van der Waals surface area (Å²) in [5, 5.41) is 6.91. The maximum absolute atomic E-state index is 12.7. The van der Waals surface area contributed by atoms with E-state index in [1.807, 2.05) is 13.8 Å². The lowest BCUT2D eigenvalue weighted by Crippen LogP contribution is -2.23. The molecule has 3 aromatic rings. The fourth-order valence-corrected chi connectivity index (χ4v) is 3.87. The number of rotatable bonds is 8. The molecule has 1 aromatic heterocycles. The van der Waals surface area contributed by atoms with Gasteiger partial charge in [-0.25, -0.2) is 0 Å². The molecule has 0 bridgehead atoms. The van der Waals surface area contributed by atoms with Crippen molar-refractivity contribution in [3.05, 3.63) is 70.6 Å². The maximum atomic E-state index is 12.7. The first-order chi connectivity index (χ1) is 15.5. The molecule has 1 amide bonds. The number of carbonyl (C=O) groups excluding carboxylic acids is 1. The van der Waals surface area contributed by atoms with E-state index in [4.69, 9.17) is 14.0 Å². The number of hydrogen-bond acceptors (Lipinski definition) is 6. The monoisotopic (exact) mass is 435 g/mol. The molecular formula is C25H29N3O4. The number of aromatic nitrogens is 1. The quantitative estimate of drug-likeness (QED) is 0.565. The highest BCUT2D eigenvalue weighted by Gasteiger charge is 2.15. The minimum atomic E-state index is -0.163. The van der Waals surface area contributed by atoms with Crippen LogP contribution >= 0.6 is 0 Å². The minimum Gasteiger partial charge on any atom is -0.493 e. The van der Waals surface area contributed by atoms with E-state index in [0.717, 1.165) is 35.7 Å². The van der Waals surface area contributed by atoms with Crippen LogP contribution in [0.15, 0.2) is 47.0 Å². The Labute approximate surface area is 188 Å². The number of nitrogens with zero attached hydrogens (tertiary/aromatic N) is 2. The Balaban J connectivity index is 1.36. The zero-order valence-corrected chi connectivity index (χ0v) is 18.8. The van der Waals surface area contributed by atoms with Gasteiger partial charge in [-0.05, 0) is 62.6 Å². The molecule has 32 heavy (non-hydrogen) atoms. The van der Waals surface area contributed by atoms with Gasteiger partial charge in [-0.1, -0.05) is 17.3 Å². The summed E-state index contributed by atoms with van der Waals surface area (Å²) in [5.74, 6) is 1.62. The van der Waals surface area contributed by atoms with E-state index in [2.05, 4.69) is 39.6 Å². The number of ether oxygens (including phenoxy) is 2. The van der Waals surface area contributed by atoms with Crippen LogP contribution in [0.4, 0.5) is 5.69 Å². The van der Waals surface area contributed by atoms with Crippen LogP contribution in [0, 0.1) is 13.8 Å². The summed E-state index contributed by atoms with van der Waals surface area (Å²) in [6.45, 7) is 6.75. The number of amides is 1. The second kappa shape index (κ2) is 9.77. The van der Waals surface area contributed by atoms with Crippen molar-refractivity contribution in [2.45, 2.75) is 39.8 Å². The molecule has 0 spiro atoms. The van der Waals surface area contributed by atoms with Gasteiger partial charge in [0.05, 0.1) is 18.4 Å². The van der Waals surface area contributed by atoms with Gasteiger partial charge in [0.25, 0.3) is 5.91 Å². The highest BCUT2D eigenvalue weighted by molar-refractivity contribution is 5.94. The molecule has 7 nitrogen and oxygen atoms in total. The number of anilines is 1. The van der Waals surface area contributed by atoms with Crippen LogP contribution in [0.25, 0.3) is 0 Å². The normalized spacial score (nSPS) is 13.3. The summed E-state index contributed by atoms with van der Waals surface area (Å²) < 4.78 is 16.5. The fraction of sp³-hybridized carbons (Fsp3) is 0.360. The predicted octanol–water partition coefficient (Wildman–Crippen LogP) is 4.41. The van der Waals surface area contributed by atoms with E-state index >= 15 is 0 Å². The smallest absolute Gasteiger partial charge is 0.251 e. The molecule has 2 aromatic carbocycles. The van der Waals surface area contributed by atoms with Crippen LogP contribution in [-0.4, -0.2) is 31.3 Å². The summed E-state index contributed by atoms with van der Waals surface area (Å²) in [6, 6.07) is 13.6. The Kier molecular flexibility index (Phi) is 6.63. The summed E-state index contributed by atoms with van der Waals surface area (Å²) in [6.07, 6.45) is 2.51. The molecule has 1 N–H and O–H groups in total. The van der Waals surface area contributed by atoms with Crippen molar-refractivity contribution in [2.75, 3.05) is 25.1 Å². The van der Waals surface area contributed by atoms with Gasteiger partial charge in [-0.2, -0.15) is 0 Å². The largest absolute Gasteiger partial charge is 0.493 e. The predicted molar refractivity (Wildman–Crippen MR) is 122 cm³/mol. The topological polar surface area (TPSA) is 76.8 Å². The van der Waals surface area contributed by atoms with Crippen LogP contribution in [0.1, 0.15) is 45.8 Å². The van der Waals surface area contributed by atoms with E-state index in [0.29, 0.717) is 30.2 Å². The van der Waals surface area contributed by atoms with Crippen molar-refractivity contribution in [3.8, 4) is 11.5 Å². The Morgan fingerprint density at radius 1 is 1.09 bits per heavy atom. The van der Waals surface area contributed by atoms with Gasteiger partial charge in [-0.3, -0.25) is 4.79 Å². The molecule has 0 aliphatic carbocycles. The average molecular weight is 436 g/mol. The molecule has 1 saturated heterocycles. The van der Waals surface area contributed by atoms with Crippen molar-refractivity contribution in [1.82, 2.24) is 10.5 Å². The first-order valence-electron chi connectivity index (χ1n) is 10.9. The van der Waals surface area contributed by atoms with Crippen LogP contribution in [-0.2, 0) is 13.2 Å². The summed E-state index contributed by atoms with van der Waals surface area (Å²) in [4.78, 5) is 15.1. The standard InChI is InChI=1S/C25H29N3O4/c1-17-22(18(2)32-27-17)16-31-23-11-8-20(14-24(23)30-3)25(29)26-15-19-6-9-21(10-7-19)28-12-4-5-13-28/h6-11,14H,4-5,12-13,15-16H2,1-3H3,(H,26,29). The van der Waals surface area contributed by atoms with Crippen LogP contribution < -0.4 is 19.7 Å². The Morgan fingerprint density at radius 3 is 2.50 bits per heavy atom. The number of carbonyl (C=O) groups is 1. The maximum Gasteiger partial charge on any atom is 0.251 e. The lowest BCUT2D eigenvalue weighted by molar-refractivity contribution is 0.0950. The lowest BCUT2D eigenvalue weighted by Gasteiger charge is -2.17. The van der Waals surface area contributed by atoms with Crippen molar-refractivity contribution in [3.63, 3.8) is 0 Å². The fourth-order valence-electron chi connectivity index (χ4n) is 3.87. The molecule has 1 fully saturated rings. The molecule has 1 aliphatic rings. The zero-order chi connectivity index (χ0) is 22.5. The molecule has 0 unspecified atom stereocenters. The van der Waals surface area contributed by atoms with Gasteiger partial charge in [-0.15, -0.1) is 0 Å². The number of methoxy groups -OCH3 is 1. The second-order valence-electron chi connectivity index (χ2n) is 8.00. The van der Waals surface area contributed by atoms with E-state index in [9.17, 15) is 4.79 Å². The van der Waals surface area contributed by atoms with Gasteiger partial charge in [0.1, 0.15) is 12.4 Å². The molecule has 2 heterocycles. The number of nitrogens with one attached hydrogen (secondary N) is 1. The molecule has 0 saturated carbocycles. The summed E-state index contributed by atoms with van der Waals surface area (Å²) in [5.41, 5.74) is 4.53. The first kappa shape index (κ1) is 21.7. The first-order valence-corrected chi connectivity index (χ1v) is 10.9. The molecule has 0 atom stereocenters. The summed E-state index contributed by atoms with van der Waals surface area (Å²) in [7, 11) is 1.56. The van der Waals surface area contributed by atoms with Crippen LogP contribution in [0.2, 0.25) is 0 Å². The van der Waals surface area contributed by atoms with Crippen LogP contribution in [0.3, 0.4) is 0 Å². The van der Waals surface area contributed by atoms with Gasteiger partial charge in [0.15, 0.2) is 11.5 Å². The van der Waals surface area contributed by atoms with Crippen molar-refractivity contribution in [2.24, 2.45) is 0 Å². The minimum absolute atomic E-state index is 0.163. The third-order valence-electron chi connectivity index (χ3n) is 5.84. The zero-order valence-electron chi connectivity index (χ0n) is 18.8. The Bertz CT molecular complexity index is 1050. The molecule has 4 rings (SSSR count). The lowest BCUT2D eigenvalue weighted by atomic mass is 10.1. The molecular weight excluding hydrogens is 406 g/mol. The number of aryl methyl sites for hydroxylation is 2. The highest BCUT2D eigenvalue weighted by atomic mass is 16.5. The SMILES string of the molecule is COc1cc(C(=O)NCc2ccc(N3CCCC3)cc2)ccc1OCc1c(C)noc1C. The molecule has 0 radical (unpaired) electrons. The number of hydrogen-bond donors (Lipinski definition) is 1. The van der Waals surface area contributed by atoms with E-state index in [1.54, 1.807) is 25.3 Å². The third-order valence-corrected chi connectivity index (χ3v) is 5.84. The van der Waals surface area contributed by atoms with Crippen molar-refractivity contribution in [1.29, 1.82) is 0 Å². The van der Waals surface area contributed by atoms with Gasteiger partial charge in [0, 0.05) is 30.9 Å². The molecule has 1 aliphatic heterocycles. The van der Waals surface area contributed by atoms with Crippen LogP contribution in [0.5, 0.6) is 11.5 Å². The highest BCUT2D eigenvalue weighted by Crippen LogP contribution is 2.29. The number of benzene rings is 2. The second-order valence-corrected chi connectivity index (χ2v) is 8.00.